The van der Waals surface area contributed by atoms with Crippen molar-refractivity contribution in [3.05, 3.63) is 69.7 Å². The molecule has 132 valence electrons. The molecule has 0 saturated heterocycles. The molecule has 4 aromatic rings. The molecule has 0 unspecified atom stereocenters. The molecule has 3 heterocycles. The van der Waals surface area contributed by atoms with E-state index in [1.165, 1.54) is 23.5 Å². The van der Waals surface area contributed by atoms with Crippen LogP contribution in [-0.4, -0.2) is 15.3 Å². The maximum atomic E-state index is 13.1. The first-order valence-corrected chi connectivity index (χ1v) is 9.90. The summed E-state index contributed by atoms with van der Waals surface area (Å²) in [5.41, 5.74) is 2.51. The number of aromatic nitrogens is 2. The van der Waals surface area contributed by atoms with Gasteiger partial charge in [0.2, 0.25) is 5.91 Å². The molecule has 0 bridgehead atoms. The molecule has 0 spiro atoms. The molecule has 1 aromatic carbocycles. The van der Waals surface area contributed by atoms with Crippen molar-refractivity contribution in [2.24, 2.45) is 0 Å². The molecule has 3 aromatic heterocycles. The first-order chi connectivity index (χ1) is 12.6. The largest absolute Gasteiger partial charge is 0.348 e. The van der Waals surface area contributed by atoms with Gasteiger partial charge >= 0.3 is 0 Å². The highest BCUT2D eigenvalue weighted by atomic mass is 32.1. The molecule has 0 fully saturated rings. The summed E-state index contributed by atoms with van der Waals surface area (Å²) in [6.07, 6.45) is 2.18. The Balaban J connectivity index is 1.51. The second kappa shape index (κ2) is 7.01. The van der Waals surface area contributed by atoms with Crippen LogP contribution in [0.3, 0.4) is 0 Å². The van der Waals surface area contributed by atoms with Crippen LogP contribution in [0.25, 0.3) is 16.2 Å². The summed E-state index contributed by atoms with van der Waals surface area (Å²) in [5.74, 6) is -0.297. The Labute approximate surface area is 158 Å². The van der Waals surface area contributed by atoms with Crippen LogP contribution in [0.4, 0.5) is 4.39 Å². The smallest absolute Gasteiger partial charge is 0.226 e. The highest BCUT2D eigenvalue weighted by molar-refractivity contribution is 7.15. The van der Waals surface area contributed by atoms with Crippen LogP contribution in [0.1, 0.15) is 23.5 Å². The van der Waals surface area contributed by atoms with Gasteiger partial charge in [0, 0.05) is 27.7 Å². The molecular formula is C19H16FN3OS2. The van der Waals surface area contributed by atoms with Gasteiger partial charge in [-0.3, -0.25) is 9.20 Å². The number of rotatable bonds is 5. The summed E-state index contributed by atoms with van der Waals surface area (Å²) in [5, 5.41) is 6.98. The highest BCUT2D eigenvalue weighted by Crippen LogP contribution is 2.24. The van der Waals surface area contributed by atoms with E-state index in [9.17, 15) is 9.18 Å². The van der Waals surface area contributed by atoms with Gasteiger partial charge in [-0.25, -0.2) is 9.37 Å². The van der Waals surface area contributed by atoms with Gasteiger partial charge < -0.3 is 5.32 Å². The third kappa shape index (κ3) is 3.40. The Hall–Kier alpha value is -2.51. The number of nitrogens with zero attached hydrogens (tertiary/aromatic N) is 2. The van der Waals surface area contributed by atoms with Crippen LogP contribution < -0.4 is 5.32 Å². The Morgan fingerprint density at radius 3 is 2.81 bits per heavy atom. The van der Waals surface area contributed by atoms with Gasteiger partial charge in [0.25, 0.3) is 0 Å². The van der Waals surface area contributed by atoms with Crippen molar-refractivity contribution in [1.29, 1.82) is 0 Å². The molecule has 1 amide bonds. The van der Waals surface area contributed by atoms with Crippen LogP contribution in [0.2, 0.25) is 0 Å². The minimum atomic E-state index is -0.271. The zero-order chi connectivity index (χ0) is 18.1. The van der Waals surface area contributed by atoms with Gasteiger partial charge in [-0.1, -0.05) is 6.07 Å². The molecule has 0 radical (unpaired) electrons. The Morgan fingerprint density at radius 1 is 1.27 bits per heavy atom. The van der Waals surface area contributed by atoms with Crippen LogP contribution in [-0.2, 0) is 11.2 Å². The lowest BCUT2D eigenvalue weighted by molar-refractivity contribution is -0.121. The van der Waals surface area contributed by atoms with E-state index in [1.807, 2.05) is 40.4 Å². The molecule has 4 rings (SSSR count). The molecule has 0 aliphatic heterocycles. The predicted octanol–water partition coefficient (Wildman–Crippen LogP) is 4.68. The van der Waals surface area contributed by atoms with Crippen LogP contribution in [0, 0.1) is 5.82 Å². The summed E-state index contributed by atoms with van der Waals surface area (Å²) < 4.78 is 15.0. The number of thiophene rings is 1. The van der Waals surface area contributed by atoms with Crippen molar-refractivity contribution in [3.8, 4) is 11.3 Å². The molecule has 0 aliphatic rings. The quantitative estimate of drug-likeness (QED) is 0.542. The van der Waals surface area contributed by atoms with E-state index < -0.39 is 0 Å². The second-order valence-electron chi connectivity index (χ2n) is 5.99. The van der Waals surface area contributed by atoms with Gasteiger partial charge in [-0.05, 0) is 42.6 Å². The van der Waals surface area contributed by atoms with E-state index in [1.54, 1.807) is 23.5 Å². The van der Waals surface area contributed by atoms with Gasteiger partial charge in [-0.15, -0.1) is 22.7 Å². The second-order valence-corrected chi connectivity index (χ2v) is 7.81. The fourth-order valence-corrected chi connectivity index (χ4v) is 4.39. The summed E-state index contributed by atoms with van der Waals surface area (Å²) in [7, 11) is 0. The third-order valence-corrected chi connectivity index (χ3v) is 6.06. The van der Waals surface area contributed by atoms with Crippen LogP contribution in [0.5, 0.6) is 0 Å². The van der Waals surface area contributed by atoms with Crippen molar-refractivity contribution >= 4 is 33.5 Å². The number of carbonyl (C=O) groups excluding carboxylic acids is 1. The monoisotopic (exact) mass is 385 g/mol. The van der Waals surface area contributed by atoms with Crippen molar-refractivity contribution in [1.82, 2.24) is 14.7 Å². The van der Waals surface area contributed by atoms with E-state index >= 15 is 0 Å². The molecular weight excluding hydrogens is 369 g/mol. The summed E-state index contributed by atoms with van der Waals surface area (Å²) in [4.78, 5) is 18.9. The number of thiazole rings is 1. The SMILES string of the molecule is C[C@@H](NC(=O)Cc1csc2nc(-c3ccc(F)cc3)cn12)c1cccs1. The van der Waals surface area contributed by atoms with Crippen molar-refractivity contribution in [3.63, 3.8) is 0 Å². The van der Waals surface area contributed by atoms with Crippen molar-refractivity contribution in [2.75, 3.05) is 0 Å². The van der Waals surface area contributed by atoms with Crippen LogP contribution in [0.15, 0.2) is 53.4 Å². The molecule has 0 aliphatic carbocycles. The number of fused-ring (bicyclic) bond motifs is 1. The third-order valence-electron chi connectivity index (χ3n) is 4.11. The fraction of sp³-hybridized carbons (Fsp3) is 0.158. The normalized spacial score (nSPS) is 12.4. The number of nitrogens with one attached hydrogen (secondary N) is 1. The lowest BCUT2D eigenvalue weighted by Gasteiger charge is -2.11. The topological polar surface area (TPSA) is 46.4 Å². The number of hydrogen-bond donors (Lipinski definition) is 1. The molecule has 7 heteroatoms. The molecule has 26 heavy (non-hydrogen) atoms. The fourth-order valence-electron chi connectivity index (χ4n) is 2.78. The van der Waals surface area contributed by atoms with E-state index in [-0.39, 0.29) is 24.2 Å². The van der Waals surface area contributed by atoms with Crippen molar-refractivity contribution < 1.29 is 9.18 Å². The average molecular weight is 385 g/mol. The van der Waals surface area contributed by atoms with E-state index in [0.717, 1.165) is 26.8 Å². The molecule has 1 N–H and O–H groups in total. The minimum absolute atomic E-state index is 0.00538. The number of benzene rings is 1. The first-order valence-electron chi connectivity index (χ1n) is 8.14. The number of carbonyl (C=O) groups is 1. The molecule has 0 saturated carbocycles. The first kappa shape index (κ1) is 16.9. The van der Waals surface area contributed by atoms with Gasteiger partial charge in [0.05, 0.1) is 18.2 Å². The van der Waals surface area contributed by atoms with Crippen molar-refractivity contribution in [2.45, 2.75) is 19.4 Å². The maximum Gasteiger partial charge on any atom is 0.226 e. The van der Waals surface area contributed by atoms with E-state index in [4.69, 9.17) is 0 Å². The van der Waals surface area contributed by atoms with E-state index in [2.05, 4.69) is 10.3 Å². The lowest BCUT2D eigenvalue weighted by atomic mass is 10.2. The highest BCUT2D eigenvalue weighted by Gasteiger charge is 2.15. The molecule has 4 nitrogen and oxygen atoms in total. The minimum Gasteiger partial charge on any atom is -0.348 e. The molecule has 1 atom stereocenters. The Bertz CT molecular complexity index is 1030. The van der Waals surface area contributed by atoms with Gasteiger partial charge in [0.15, 0.2) is 4.96 Å². The summed E-state index contributed by atoms with van der Waals surface area (Å²) in [6, 6.07) is 10.2. The number of imidazole rings is 1. The lowest BCUT2D eigenvalue weighted by Crippen LogP contribution is -2.27. The standard InChI is InChI=1S/C19H16FN3OS2/c1-12(17-3-2-8-25-17)21-18(24)9-15-11-26-19-22-16(10-23(15)19)13-4-6-14(20)7-5-13/h2-8,10-12H,9H2,1H3,(H,21,24)/t12-/m1/s1. The Kier molecular flexibility index (Phi) is 4.57. The zero-order valence-electron chi connectivity index (χ0n) is 14.0. The van der Waals surface area contributed by atoms with E-state index in [0.29, 0.717) is 0 Å². The van der Waals surface area contributed by atoms with Crippen LogP contribution >= 0.6 is 22.7 Å². The summed E-state index contributed by atoms with van der Waals surface area (Å²) in [6.45, 7) is 1.98. The zero-order valence-corrected chi connectivity index (χ0v) is 15.6. The maximum absolute atomic E-state index is 13.1. The summed E-state index contributed by atoms with van der Waals surface area (Å²) >= 11 is 3.12. The average Bonchev–Trinajstić information content (AvgIpc) is 3.33. The number of halogens is 1. The Morgan fingerprint density at radius 2 is 2.08 bits per heavy atom. The predicted molar refractivity (Wildman–Crippen MR) is 103 cm³/mol. The number of hydrogen-bond acceptors (Lipinski definition) is 4. The number of amides is 1. The van der Waals surface area contributed by atoms with Gasteiger partial charge in [-0.2, -0.15) is 0 Å². The van der Waals surface area contributed by atoms with Gasteiger partial charge in [0.1, 0.15) is 5.82 Å².